The number of ether oxygens (including phenoxy) is 1. The summed E-state index contributed by atoms with van der Waals surface area (Å²) in [4.78, 5) is 16.6. The minimum atomic E-state index is 0.160. The van der Waals surface area contributed by atoms with Crippen molar-refractivity contribution in [2.24, 2.45) is 5.92 Å². The van der Waals surface area contributed by atoms with Gasteiger partial charge in [0.25, 0.3) is 0 Å². The minimum absolute atomic E-state index is 0.160. The van der Waals surface area contributed by atoms with Gasteiger partial charge in [0.15, 0.2) is 0 Å². The molecular formula is C16H29N3O2. The first-order valence-electron chi connectivity index (χ1n) is 8.18. The van der Waals surface area contributed by atoms with Gasteiger partial charge in [0.2, 0.25) is 5.91 Å². The second-order valence-electron chi connectivity index (χ2n) is 6.01. The molecule has 5 heteroatoms. The van der Waals surface area contributed by atoms with E-state index in [1.165, 1.54) is 12.8 Å². The van der Waals surface area contributed by atoms with Crippen LogP contribution in [0.2, 0.25) is 0 Å². The number of carbonyl (C=O) groups is 1. The summed E-state index contributed by atoms with van der Waals surface area (Å²) in [6.45, 7) is 10.0. The molecule has 2 rings (SSSR count). The fourth-order valence-electron chi connectivity index (χ4n) is 2.90. The lowest BCUT2D eigenvalue weighted by molar-refractivity contribution is -0.123. The van der Waals surface area contributed by atoms with E-state index < -0.39 is 0 Å². The monoisotopic (exact) mass is 295 g/mol. The maximum absolute atomic E-state index is 11.9. The Bertz CT molecular complexity index is 332. The lowest BCUT2D eigenvalue weighted by Gasteiger charge is -2.31. The number of hydrogen-bond donors (Lipinski definition) is 1. The molecule has 21 heavy (non-hydrogen) atoms. The Kier molecular flexibility index (Phi) is 7.19. The highest BCUT2D eigenvalue weighted by Crippen LogP contribution is 2.16. The van der Waals surface area contributed by atoms with Crippen molar-refractivity contribution in [3.8, 4) is 0 Å². The zero-order valence-electron chi connectivity index (χ0n) is 13.2. The first-order chi connectivity index (χ1) is 10.3. The van der Waals surface area contributed by atoms with Crippen LogP contribution in [-0.2, 0) is 9.53 Å². The van der Waals surface area contributed by atoms with Crippen LogP contribution in [0, 0.1) is 5.92 Å². The molecule has 0 spiro atoms. The standard InChI is InChI=1S/C16H29N3O2/c1-2-3-6-18-7-4-15(5-8-18)13-17-16(20)14-19-9-11-21-12-10-19/h2-3,15H,4-14H2,1H3,(H,17,20). The van der Waals surface area contributed by atoms with Crippen molar-refractivity contribution in [1.82, 2.24) is 15.1 Å². The average molecular weight is 295 g/mol. The predicted octanol–water partition coefficient (Wildman–Crippen LogP) is 0.723. The zero-order valence-corrected chi connectivity index (χ0v) is 13.2. The quantitative estimate of drug-likeness (QED) is 0.734. The van der Waals surface area contributed by atoms with Crippen molar-refractivity contribution in [2.75, 3.05) is 59.0 Å². The predicted molar refractivity (Wildman–Crippen MR) is 84.2 cm³/mol. The van der Waals surface area contributed by atoms with Gasteiger partial charge in [-0.05, 0) is 38.8 Å². The molecule has 0 aliphatic carbocycles. The summed E-state index contributed by atoms with van der Waals surface area (Å²) in [5.74, 6) is 0.800. The van der Waals surface area contributed by atoms with Crippen molar-refractivity contribution >= 4 is 5.91 Å². The number of nitrogens with zero attached hydrogens (tertiary/aromatic N) is 2. The van der Waals surface area contributed by atoms with Crippen LogP contribution < -0.4 is 5.32 Å². The van der Waals surface area contributed by atoms with Crippen LogP contribution in [0.4, 0.5) is 0 Å². The van der Waals surface area contributed by atoms with Gasteiger partial charge >= 0.3 is 0 Å². The van der Waals surface area contributed by atoms with Gasteiger partial charge < -0.3 is 10.1 Å². The van der Waals surface area contributed by atoms with E-state index in [1.54, 1.807) is 0 Å². The van der Waals surface area contributed by atoms with E-state index in [0.29, 0.717) is 12.5 Å². The van der Waals surface area contributed by atoms with Crippen molar-refractivity contribution in [3.05, 3.63) is 12.2 Å². The number of hydrogen-bond acceptors (Lipinski definition) is 4. The topological polar surface area (TPSA) is 44.8 Å². The number of allylic oxidation sites excluding steroid dienone is 1. The Morgan fingerprint density at radius 2 is 1.90 bits per heavy atom. The Morgan fingerprint density at radius 3 is 2.57 bits per heavy atom. The average Bonchev–Trinajstić information content (AvgIpc) is 2.53. The molecule has 1 N–H and O–H groups in total. The van der Waals surface area contributed by atoms with Crippen LogP contribution in [-0.4, -0.2) is 74.7 Å². The van der Waals surface area contributed by atoms with Crippen LogP contribution in [0.25, 0.3) is 0 Å². The molecule has 0 unspecified atom stereocenters. The Morgan fingerprint density at radius 1 is 1.19 bits per heavy atom. The zero-order chi connectivity index (χ0) is 14.9. The van der Waals surface area contributed by atoms with E-state index in [2.05, 4.69) is 34.2 Å². The fraction of sp³-hybridized carbons (Fsp3) is 0.812. The van der Waals surface area contributed by atoms with E-state index >= 15 is 0 Å². The Hall–Kier alpha value is -0.910. The summed E-state index contributed by atoms with van der Waals surface area (Å²) >= 11 is 0. The summed E-state index contributed by atoms with van der Waals surface area (Å²) in [7, 11) is 0. The summed E-state index contributed by atoms with van der Waals surface area (Å²) in [5.41, 5.74) is 0. The molecule has 2 saturated heterocycles. The fourth-order valence-corrected chi connectivity index (χ4v) is 2.90. The number of likely N-dealkylation sites (tertiary alicyclic amines) is 1. The molecule has 1 amide bonds. The molecule has 2 aliphatic heterocycles. The molecule has 0 aromatic heterocycles. The molecule has 0 radical (unpaired) electrons. The molecule has 0 bridgehead atoms. The van der Waals surface area contributed by atoms with Crippen LogP contribution in [0.5, 0.6) is 0 Å². The number of morpholine rings is 1. The third-order valence-corrected chi connectivity index (χ3v) is 4.37. The third-order valence-electron chi connectivity index (χ3n) is 4.37. The molecule has 0 aromatic rings. The van der Waals surface area contributed by atoms with Crippen molar-refractivity contribution in [1.29, 1.82) is 0 Å². The van der Waals surface area contributed by atoms with Crippen LogP contribution in [0.3, 0.4) is 0 Å². The molecule has 5 nitrogen and oxygen atoms in total. The largest absolute Gasteiger partial charge is 0.379 e. The normalized spacial score (nSPS) is 22.7. The van der Waals surface area contributed by atoms with Gasteiger partial charge in [-0.25, -0.2) is 0 Å². The first-order valence-corrected chi connectivity index (χ1v) is 8.18. The summed E-state index contributed by atoms with van der Waals surface area (Å²) in [5, 5.41) is 3.10. The second kappa shape index (κ2) is 9.18. The summed E-state index contributed by atoms with van der Waals surface area (Å²) in [6.07, 6.45) is 6.70. The van der Waals surface area contributed by atoms with Crippen molar-refractivity contribution in [2.45, 2.75) is 19.8 Å². The van der Waals surface area contributed by atoms with E-state index in [4.69, 9.17) is 4.74 Å². The molecule has 2 heterocycles. The van der Waals surface area contributed by atoms with Gasteiger partial charge in [-0.15, -0.1) is 0 Å². The van der Waals surface area contributed by atoms with Gasteiger partial charge in [-0.1, -0.05) is 12.2 Å². The van der Waals surface area contributed by atoms with E-state index in [9.17, 15) is 4.79 Å². The van der Waals surface area contributed by atoms with Gasteiger partial charge in [-0.3, -0.25) is 14.6 Å². The highest BCUT2D eigenvalue weighted by Gasteiger charge is 2.19. The Balaban J connectivity index is 1.57. The summed E-state index contributed by atoms with van der Waals surface area (Å²) < 4.78 is 5.29. The van der Waals surface area contributed by atoms with Crippen LogP contribution in [0.1, 0.15) is 19.8 Å². The minimum Gasteiger partial charge on any atom is -0.379 e. The lowest BCUT2D eigenvalue weighted by atomic mass is 9.97. The highest BCUT2D eigenvalue weighted by atomic mass is 16.5. The molecule has 120 valence electrons. The van der Waals surface area contributed by atoms with Gasteiger partial charge in [0, 0.05) is 26.2 Å². The van der Waals surface area contributed by atoms with Crippen molar-refractivity contribution in [3.63, 3.8) is 0 Å². The van der Waals surface area contributed by atoms with Crippen LogP contribution in [0.15, 0.2) is 12.2 Å². The molecule has 0 saturated carbocycles. The van der Waals surface area contributed by atoms with Crippen LogP contribution >= 0.6 is 0 Å². The van der Waals surface area contributed by atoms with Gasteiger partial charge in [0.05, 0.1) is 19.8 Å². The number of amides is 1. The molecular weight excluding hydrogens is 266 g/mol. The second-order valence-corrected chi connectivity index (χ2v) is 6.01. The maximum Gasteiger partial charge on any atom is 0.234 e. The summed E-state index contributed by atoms with van der Waals surface area (Å²) in [6, 6.07) is 0. The maximum atomic E-state index is 11.9. The van der Waals surface area contributed by atoms with E-state index in [1.807, 2.05) is 0 Å². The smallest absolute Gasteiger partial charge is 0.234 e. The number of rotatable bonds is 6. The Labute approximate surface area is 128 Å². The van der Waals surface area contributed by atoms with Crippen molar-refractivity contribution < 1.29 is 9.53 Å². The molecule has 2 aliphatic rings. The lowest BCUT2D eigenvalue weighted by Crippen LogP contribution is -2.45. The highest BCUT2D eigenvalue weighted by molar-refractivity contribution is 5.78. The number of carbonyl (C=O) groups excluding carboxylic acids is 1. The molecule has 2 fully saturated rings. The number of nitrogens with one attached hydrogen (secondary N) is 1. The first kappa shape index (κ1) is 16.5. The molecule has 0 aromatic carbocycles. The van der Waals surface area contributed by atoms with Gasteiger partial charge in [0.1, 0.15) is 0 Å². The van der Waals surface area contributed by atoms with E-state index in [0.717, 1.165) is 52.5 Å². The SMILES string of the molecule is CC=CCN1CCC(CNC(=O)CN2CCOCC2)CC1. The van der Waals surface area contributed by atoms with E-state index in [-0.39, 0.29) is 5.91 Å². The van der Waals surface area contributed by atoms with Gasteiger partial charge in [-0.2, -0.15) is 0 Å². The molecule has 0 atom stereocenters. The third kappa shape index (κ3) is 6.16. The number of piperidine rings is 1.